The molecule has 0 amide bonds. The van der Waals surface area contributed by atoms with Crippen molar-refractivity contribution in [2.24, 2.45) is 0 Å². The Bertz CT molecular complexity index is 718. The first-order chi connectivity index (χ1) is 9.00. The molecule has 0 aliphatic carbocycles. The topological polar surface area (TPSA) is 105 Å². The summed E-state index contributed by atoms with van der Waals surface area (Å²) < 4.78 is 1.13. The van der Waals surface area contributed by atoms with Gasteiger partial charge >= 0.3 is 11.7 Å². The number of H-pyrrole nitrogens is 1. The van der Waals surface area contributed by atoms with Crippen LogP contribution < -0.4 is 11.2 Å². The maximum Gasteiger partial charge on any atom is 0.342 e. The second-order valence-electron chi connectivity index (χ2n) is 3.95. The van der Waals surface area contributed by atoms with Crippen LogP contribution in [0.4, 0.5) is 0 Å². The van der Waals surface area contributed by atoms with Gasteiger partial charge in [-0.25, -0.2) is 9.59 Å². The molecule has 2 N–H and O–H groups in total. The third kappa shape index (κ3) is 2.44. The summed E-state index contributed by atoms with van der Waals surface area (Å²) in [5.74, 6) is -1.39. The molecule has 7 nitrogen and oxygen atoms in total. The normalized spacial score (nSPS) is 12.1. The van der Waals surface area contributed by atoms with Crippen LogP contribution in [-0.2, 0) is 0 Å². The molecule has 7 heteroatoms. The van der Waals surface area contributed by atoms with Gasteiger partial charge in [0.2, 0.25) is 0 Å². The number of aromatic nitrogens is 3. The lowest BCUT2D eigenvalue weighted by Gasteiger charge is -2.14. The van der Waals surface area contributed by atoms with E-state index in [1.54, 1.807) is 31.3 Å². The quantitative estimate of drug-likeness (QED) is 0.823. The first-order valence-corrected chi connectivity index (χ1v) is 5.50. The highest BCUT2D eigenvalue weighted by molar-refractivity contribution is 5.86. The van der Waals surface area contributed by atoms with E-state index in [0.29, 0.717) is 5.69 Å². The number of hydrogen-bond acceptors (Lipinski definition) is 4. The molecule has 2 rings (SSSR count). The Balaban J connectivity index is 2.57. The number of carboxylic acid groups (broad SMARTS) is 1. The zero-order valence-corrected chi connectivity index (χ0v) is 10.0. The second kappa shape index (κ2) is 4.89. The Morgan fingerprint density at radius 2 is 2.16 bits per heavy atom. The van der Waals surface area contributed by atoms with Crippen LogP contribution in [0.1, 0.15) is 29.0 Å². The Morgan fingerprint density at radius 1 is 1.42 bits per heavy atom. The summed E-state index contributed by atoms with van der Waals surface area (Å²) in [6, 6.07) is 4.72. The van der Waals surface area contributed by atoms with Crippen molar-refractivity contribution in [3.63, 3.8) is 0 Å². The third-order valence-electron chi connectivity index (χ3n) is 2.73. The molecule has 1 atom stereocenters. The SMILES string of the molecule is CC(c1ccccn1)n1cc(C(=O)O)c(=O)[nH]c1=O. The summed E-state index contributed by atoms with van der Waals surface area (Å²) in [4.78, 5) is 40.0. The monoisotopic (exact) mass is 261 g/mol. The van der Waals surface area contributed by atoms with Crippen LogP contribution in [-0.4, -0.2) is 25.6 Å². The standard InChI is InChI=1S/C12H11N3O4/c1-7(9-4-2-3-5-13-9)15-6-8(11(17)18)10(16)14-12(15)19/h2-7H,1H3,(H,17,18)(H,14,16,19). The van der Waals surface area contributed by atoms with E-state index in [9.17, 15) is 14.4 Å². The van der Waals surface area contributed by atoms with Gasteiger partial charge in [0.05, 0.1) is 11.7 Å². The van der Waals surface area contributed by atoms with E-state index in [2.05, 4.69) is 4.98 Å². The number of hydrogen-bond donors (Lipinski definition) is 2. The van der Waals surface area contributed by atoms with Crippen LogP contribution in [0.3, 0.4) is 0 Å². The predicted molar refractivity (Wildman–Crippen MR) is 66.3 cm³/mol. The van der Waals surface area contributed by atoms with Crippen LogP contribution in [0, 0.1) is 0 Å². The smallest absolute Gasteiger partial charge is 0.342 e. The summed E-state index contributed by atoms with van der Waals surface area (Å²) in [6.45, 7) is 1.69. The summed E-state index contributed by atoms with van der Waals surface area (Å²) in [6.07, 6.45) is 2.60. The Hall–Kier alpha value is -2.70. The number of nitrogens with zero attached hydrogens (tertiary/aromatic N) is 2. The van der Waals surface area contributed by atoms with E-state index >= 15 is 0 Å². The molecule has 0 aliphatic rings. The number of pyridine rings is 1. The fourth-order valence-electron chi connectivity index (χ4n) is 1.69. The van der Waals surface area contributed by atoms with Gasteiger partial charge in [0.15, 0.2) is 0 Å². The fraction of sp³-hybridized carbons (Fsp3) is 0.167. The van der Waals surface area contributed by atoms with Gasteiger partial charge in [0.25, 0.3) is 5.56 Å². The molecule has 0 aromatic carbocycles. The van der Waals surface area contributed by atoms with Crippen LogP contribution in [0.15, 0.2) is 40.2 Å². The summed E-state index contributed by atoms with van der Waals surface area (Å²) >= 11 is 0. The number of aromatic carboxylic acids is 1. The van der Waals surface area contributed by atoms with Crippen molar-refractivity contribution in [1.29, 1.82) is 0 Å². The van der Waals surface area contributed by atoms with Gasteiger partial charge in [0, 0.05) is 12.4 Å². The Kier molecular flexibility index (Phi) is 3.28. The van der Waals surface area contributed by atoms with Gasteiger partial charge in [0.1, 0.15) is 5.56 Å². The number of carboxylic acids is 1. The lowest BCUT2D eigenvalue weighted by molar-refractivity contribution is 0.0693. The van der Waals surface area contributed by atoms with Crippen LogP contribution in [0.2, 0.25) is 0 Å². The summed E-state index contributed by atoms with van der Waals surface area (Å²) in [5, 5.41) is 8.88. The van der Waals surface area contributed by atoms with E-state index in [0.717, 1.165) is 10.8 Å². The highest BCUT2D eigenvalue weighted by Crippen LogP contribution is 2.12. The molecule has 19 heavy (non-hydrogen) atoms. The Labute approximate surface area is 107 Å². The summed E-state index contributed by atoms with van der Waals surface area (Å²) in [7, 11) is 0. The average molecular weight is 261 g/mol. The molecule has 2 aromatic rings. The van der Waals surface area contributed by atoms with Crippen molar-refractivity contribution in [3.8, 4) is 0 Å². The van der Waals surface area contributed by atoms with Gasteiger partial charge < -0.3 is 5.11 Å². The zero-order chi connectivity index (χ0) is 14.0. The highest BCUT2D eigenvalue weighted by Gasteiger charge is 2.16. The fourth-order valence-corrected chi connectivity index (χ4v) is 1.69. The van der Waals surface area contributed by atoms with Crippen LogP contribution in [0.5, 0.6) is 0 Å². The molecular formula is C12H11N3O4. The number of nitrogens with one attached hydrogen (secondary N) is 1. The molecule has 0 fully saturated rings. The molecule has 0 saturated heterocycles. The van der Waals surface area contributed by atoms with Crippen molar-refractivity contribution in [3.05, 3.63) is 62.7 Å². The first-order valence-electron chi connectivity index (χ1n) is 5.50. The molecule has 2 heterocycles. The molecule has 98 valence electrons. The van der Waals surface area contributed by atoms with Crippen LogP contribution in [0.25, 0.3) is 0 Å². The summed E-state index contributed by atoms with van der Waals surface area (Å²) in [5.41, 5.74) is -1.48. The van der Waals surface area contributed by atoms with Crippen molar-refractivity contribution < 1.29 is 9.90 Å². The van der Waals surface area contributed by atoms with Gasteiger partial charge in [-0.2, -0.15) is 0 Å². The number of rotatable bonds is 3. The molecule has 0 saturated carbocycles. The van der Waals surface area contributed by atoms with E-state index < -0.39 is 28.8 Å². The molecule has 0 radical (unpaired) electrons. The van der Waals surface area contributed by atoms with Crippen LogP contribution >= 0.6 is 0 Å². The van der Waals surface area contributed by atoms with E-state index in [4.69, 9.17) is 5.11 Å². The van der Waals surface area contributed by atoms with Gasteiger partial charge in [-0.1, -0.05) is 6.07 Å². The first kappa shape index (κ1) is 12.7. The molecule has 0 bridgehead atoms. The minimum Gasteiger partial charge on any atom is -0.477 e. The molecule has 0 spiro atoms. The number of carbonyl (C=O) groups is 1. The molecule has 2 aromatic heterocycles. The van der Waals surface area contributed by atoms with Crippen molar-refractivity contribution in [1.82, 2.24) is 14.5 Å². The van der Waals surface area contributed by atoms with Gasteiger partial charge in [-0.15, -0.1) is 0 Å². The van der Waals surface area contributed by atoms with Gasteiger partial charge in [-0.3, -0.25) is 19.3 Å². The maximum atomic E-state index is 11.7. The lowest BCUT2D eigenvalue weighted by Crippen LogP contribution is -2.35. The maximum absolute atomic E-state index is 11.7. The molecule has 0 aliphatic heterocycles. The number of aromatic amines is 1. The third-order valence-corrected chi connectivity index (χ3v) is 2.73. The second-order valence-corrected chi connectivity index (χ2v) is 3.95. The minimum atomic E-state index is -1.39. The van der Waals surface area contributed by atoms with Crippen molar-refractivity contribution in [2.45, 2.75) is 13.0 Å². The Morgan fingerprint density at radius 3 is 2.74 bits per heavy atom. The predicted octanol–water partition coefficient (Wildman–Crippen LogP) is 0.239. The van der Waals surface area contributed by atoms with E-state index in [-0.39, 0.29) is 0 Å². The average Bonchev–Trinajstić information content (AvgIpc) is 2.38. The zero-order valence-electron chi connectivity index (χ0n) is 10.0. The van der Waals surface area contributed by atoms with Crippen molar-refractivity contribution in [2.75, 3.05) is 0 Å². The largest absolute Gasteiger partial charge is 0.477 e. The van der Waals surface area contributed by atoms with Gasteiger partial charge in [-0.05, 0) is 19.1 Å². The lowest BCUT2D eigenvalue weighted by atomic mass is 10.2. The molecule has 1 unspecified atom stereocenters. The molecular weight excluding hydrogens is 250 g/mol. The minimum absolute atomic E-state index is 0.483. The highest BCUT2D eigenvalue weighted by atomic mass is 16.4. The van der Waals surface area contributed by atoms with E-state index in [1.165, 1.54) is 0 Å². The van der Waals surface area contributed by atoms with E-state index in [1.807, 2.05) is 4.98 Å². The van der Waals surface area contributed by atoms with Crippen molar-refractivity contribution >= 4 is 5.97 Å².